The fourth-order valence-electron chi connectivity index (χ4n) is 2.51. The molecule has 20 heavy (non-hydrogen) atoms. The van der Waals surface area contributed by atoms with Crippen LogP contribution >= 0.6 is 0 Å². The zero-order valence-electron chi connectivity index (χ0n) is 12.3. The lowest BCUT2D eigenvalue weighted by Crippen LogP contribution is -2.27. The van der Waals surface area contributed by atoms with Crippen molar-refractivity contribution in [1.29, 1.82) is 0 Å². The first-order valence-corrected chi connectivity index (χ1v) is 7.31. The van der Waals surface area contributed by atoms with E-state index in [-0.39, 0.29) is 5.82 Å². The van der Waals surface area contributed by atoms with Gasteiger partial charge in [-0.05, 0) is 57.3 Å². The molecular formula is C16H24FNO2. The third-order valence-corrected chi connectivity index (χ3v) is 3.73. The van der Waals surface area contributed by atoms with Crippen LogP contribution in [0.25, 0.3) is 0 Å². The van der Waals surface area contributed by atoms with E-state index < -0.39 is 5.60 Å². The molecule has 1 heterocycles. The van der Waals surface area contributed by atoms with Crippen molar-refractivity contribution in [3.63, 3.8) is 0 Å². The zero-order valence-corrected chi connectivity index (χ0v) is 12.3. The van der Waals surface area contributed by atoms with Gasteiger partial charge in [0.15, 0.2) is 0 Å². The van der Waals surface area contributed by atoms with Crippen LogP contribution in [0.3, 0.4) is 0 Å². The summed E-state index contributed by atoms with van der Waals surface area (Å²) in [5, 5.41) is 13.0. The first-order valence-electron chi connectivity index (χ1n) is 7.31. The van der Waals surface area contributed by atoms with Crippen molar-refractivity contribution < 1.29 is 14.2 Å². The molecule has 0 radical (unpaired) electrons. The Bertz CT molecular complexity index is 437. The molecule has 2 N–H and O–H groups in total. The van der Waals surface area contributed by atoms with Crippen LogP contribution in [-0.4, -0.2) is 30.4 Å². The van der Waals surface area contributed by atoms with Crippen molar-refractivity contribution in [1.82, 2.24) is 5.32 Å². The summed E-state index contributed by atoms with van der Waals surface area (Å²) in [4.78, 5) is 0. The number of halogens is 1. The van der Waals surface area contributed by atoms with Crippen LogP contribution in [0, 0.1) is 5.82 Å². The standard InChI is InChI=1S/C16H24FNO2/c1-16(2,19)7-10-20-15-11-13(17)3-4-14(15)12-5-8-18-9-6-12/h3-4,11-12,18-19H,5-10H2,1-2H3. The van der Waals surface area contributed by atoms with E-state index >= 15 is 0 Å². The molecule has 0 atom stereocenters. The summed E-state index contributed by atoms with van der Waals surface area (Å²) in [7, 11) is 0. The van der Waals surface area contributed by atoms with E-state index in [1.807, 2.05) is 6.07 Å². The highest BCUT2D eigenvalue weighted by Crippen LogP contribution is 2.33. The average molecular weight is 281 g/mol. The Morgan fingerprint density at radius 1 is 1.35 bits per heavy atom. The molecule has 0 unspecified atom stereocenters. The van der Waals surface area contributed by atoms with Gasteiger partial charge in [0, 0.05) is 12.5 Å². The minimum absolute atomic E-state index is 0.277. The maximum absolute atomic E-state index is 13.4. The molecule has 0 saturated carbocycles. The third kappa shape index (κ3) is 4.46. The summed E-state index contributed by atoms with van der Waals surface area (Å²) in [6, 6.07) is 4.80. The fraction of sp³-hybridized carbons (Fsp3) is 0.625. The number of ether oxygens (including phenoxy) is 1. The van der Waals surface area contributed by atoms with Crippen molar-refractivity contribution in [3.8, 4) is 5.75 Å². The van der Waals surface area contributed by atoms with Crippen LogP contribution in [0.1, 0.15) is 44.6 Å². The predicted octanol–water partition coefficient (Wildman–Crippen LogP) is 2.83. The first kappa shape index (κ1) is 15.3. The van der Waals surface area contributed by atoms with Gasteiger partial charge in [-0.15, -0.1) is 0 Å². The van der Waals surface area contributed by atoms with Gasteiger partial charge in [0.2, 0.25) is 0 Å². The van der Waals surface area contributed by atoms with E-state index in [1.165, 1.54) is 12.1 Å². The van der Waals surface area contributed by atoms with E-state index in [1.54, 1.807) is 13.8 Å². The fourth-order valence-corrected chi connectivity index (χ4v) is 2.51. The molecular weight excluding hydrogens is 257 g/mol. The van der Waals surface area contributed by atoms with Gasteiger partial charge in [0.25, 0.3) is 0 Å². The summed E-state index contributed by atoms with van der Waals surface area (Å²) < 4.78 is 19.2. The van der Waals surface area contributed by atoms with Crippen LogP contribution in [0.4, 0.5) is 4.39 Å². The van der Waals surface area contributed by atoms with Crippen LogP contribution in [0.5, 0.6) is 5.75 Å². The van der Waals surface area contributed by atoms with E-state index in [0.717, 1.165) is 31.5 Å². The number of piperidine rings is 1. The maximum Gasteiger partial charge on any atom is 0.126 e. The molecule has 1 saturated heterocycles. The van der Waals surface area contributed by atoms with Crippen LogP contribution in [-0.2, 0) is 0 Å². The Hall–Kier alpha value is -1.13. The molecule has 0 aromatic heterocycles. The Kier molecular flexibility index (Phi) is 5.00. The highest BCUT2D eigenvalue weighted by molar-refractivity contribution is 5.37. The number of benzene rings is 1. The Balaban J connectivity index is 2.07. The monoisotopic (exact) mass is 281 g/mol. The van der Waals surface area contributed by atoms with Gasteiger partial charge in [-0.3, -0.25) is 0 Å². The number of hydrogen-bond donors (Lipinski definition) is 2. The van der Waals surface area contributed by atoms with E-state index in [4.69, 9.17) is 4.74 Å². The second kappa shape index (κ2) is 6.55. The van der Waals surface area contributed by atoms with Crippen molar-refractivity contribution in [3.05, 3.63) is 29.6 Å². The lowest BCUT2D eigenvalue weighted by atomic mass is 9.89. The molecule has 1 aromatic carbocycles. The molecule has 0 amide bonds. The summed E-state index contributed by atoms with van der Waals surface area (Å²) in [6.07, 6.45) is 2.62. The third-order valence-electron chi connectivity index (χ3n) is 3.73. The minimum atomic E-state index is -0.762. The van der Waals surface area contributed by atoms with Crippen molar-refractivity contribution in [2.24, 2.45) is 0 Å². The SMILES string of the molecule is CC(C)(O)CCOc1cc(F)ccc1C1CCNCC1. The normalized spacial score (nSPS) is 17.2. The molecule has 1 fully saturated rings. The first-order chi connectivity index (χ1) is 9.46. The zero-order chi connectivity index (χ0) is 14.6. The second-order valence-corrected chi connectivity index (χ2v) is 6.12. The molecule has 1 aliphatic heterocycles. The Morgan fingerprint density at radius 2 is 2.05 bits per heavy atom. The van der Waals surface area contributed by atoms with Gasteiger partial charge in [-0.25, -0.2) is 4.39 Å². The topological polar surface area (TPSA) is 41.5 Å². The molecule has 4 heteroatoms. The highest BCUT2D eigenvalue weighted by Gasteiger charge is 2.20. The quantitative estimate of drug-likeness (QED) is 0.872. The number of nitrogens with one attached hydrogen (secondary N) is 1. The lowest BCUT2D eigenvalue weighted by Gasteiger charge is -2.25. The summed E-state index contributed by atoms with van der Waals surface area (Å²) in [5.41, 5.74) is 0.325. The van der Waals surface area contributed by atoms with E-state index in [0.29, 0.717) is 24.7 Å². The number of hydrogen-bond acceptors (Lipinski definition) is 3. The van der Waals surface area contributed by atoms with Gasteiger partial charge >= 0.3 is 0 Å². The molecule has 0 aliphatic carbocycles. The van der Waals surface area contributed by atoms with Crippen LogP contribution in [0.15, 0.2) is 18.2 Å². The van der Waals surface area contributed by atoms with Crippen LogP contribution in [0.2, 0.25) is 0 Å². The van der Waals surface area contributed by atoms with Crippen molar-refractivity contribution in [2.75, 3.05) is 19.7 Å². The second-order valence-electron chi connectivity index (χ2n) is 6.12. The molecule has 1 aromatic rings. The van der Waals surface area contributed by atoms with Gasteiger partial charge < -0.3 is 15.2 Å². The van der Waals surface area contributed by atoms with Crippen molar-refractivity contribution >= 4 is 0 Å². The highest BCUT2D eigenvalue weighted by atomic mass is 19.1. The van der Waals surface area contributed by atoms with Gasteiger partial charge in [0.1, 0.15) is 11.6 Å². The summed E-state index contributed by atoms with van der Waals surface area (Å²) in [5.74, 6) is 0.774. The average Bonchev–Trinajstić information content (AvgIpc) is 2.38. The van der Waals surface area contributed by atoms with Gasteiger partial charge in [-0.2, -0.15) is 0 Å². The van der Waals surface area contributed by atoms with Gasteiger partial charge in [-0.1, -0.05) is 6.07 Å². The predicted molar refractivity (Wildman–Crippen MR) is 77.7 cm³/mol. The largest absolute Gasteiger partial charge is 0.493 e. The Labute approximate surface area is 120 Å². The van der Waals surface area contributed by atoms with Gasteiger partial charge in [0.05, 0.1) is 12.2 Å². The van der Waals surface area contributed by atoms with E-state index in [2.05, 4.69) is 5.32 Å². The molecule has 3 nitrogen and oxygen atoms in total. The molecule has 0 spiro atoms. The van der Waals surface area contributed by atoms with Crippen LogP contribution < -0.4 is 10.1 Å². The Morgan fingerprint density at radius 3 is 2.70 bits per heavy atom. The molecule has 1 aliphatic rings. The summed E-state index contributed by atoms with van der Waals surface area (Å²) in [6.45, 7) is 5.87. The van der Waals surface area contributed by atoms with E-state index in [9.17, 15) is 9.50 Å². The molecule has 2 rings (SSSR count). The maximum atomic E-state index is 13.4. The number of aliphatic hydroxyl groups is 1. The molecule has 0 bridgehead atoms. The number of rotatable bonds is 5. The molecule has 112 valence electrons. The smallest absolute Gasteiger partial charge is 0.126 e. The van der Waals surface area contributed by atoms with Crippen molar-refractivity contribution in [2.45, 2.75) is 44.6 Å². The minimum Gasteiger partial charge on any atom is -0.493 e. The lowest BCUT2D eigenvalue weighted by molar-refractivity contribution is 0.0551. The summed E-state index contributed by atoms with van der Waals surface area (Å²) >= 11 is 0.